The smallest absolute Gasteiger partial charge is 0.251 e. The molecule has 0 unspecified atom stereocenters. The molecule has 4 nitrogen and oxygen atoms in total. The molecule has 0 aliphatic heterocycles. The predicted octanol–water partition coefficient (Wildman–Crippen LogP) is -1.63. The van der Waals surface area contributed by atoms with Crippen molar-refractivity contribution in [1.29, 1.82) is 0 Å². The summed E-state index contributed by atoms with van der Waals surface area (Å²) in [5.74, 6) is 0. The third-order valence-electron chi connectivity index (χ3n) is 0.864. The number of ether oxygens (including phenoxy) is 1. The molecule has 0 rings (SSSR count). The van der Waals surface area contributed by atoms with Crippen molar-refractivity contribution in [2.24, 2.45) is 0 Å². The van der Waals surface area contributed by atoms with Gasteiger partial charge in [-0.15, -0.1) is 0 Å². The predicted molar refractivity (Wildman–Crippen MR) is 28.3 cm³/mol. The van der Waals surface area contributed by atoms with E-state index in [1.54, 1.807) is 0 Å². The highest BCUT2D eigenvalue weighted by atomic mass is 16.7. The van der Waals surface area contributed by atoms with E-state index < -0.39 is 6.16 Å². The Balaban J connectivity index is 2.83. The van der Waals surface area contributed by atoms with E-state index in [9.17, 15) is 9.90 Å². The van der Waals surface area contributed by atoms with Crippen molar-refractivity contribution in [2.45, 2.75) is 12.8 Å². The minimum Gasteiger partial charge on any atom is -0.550 e. The molecule has 0 aliphatic rings. The Bertz CT molecular complexity index is 84.3. The van der Waals surface area contributed by atoms with Gasteiger partial charge >= 0.3 is 0 Å². The standard InChI is InChI=1S/C5H11NO3/c6-3-1-2-4-9-5(7)8/h1-4,6H2,(H,7,8). The Morgan fingerprint density at radius 1 is 1.56 bits per heavy atom. The molecule has 0 fully saturated rings. The van der Waals surface area contributed by atoms with E-state index in [0.717, 1.165) is 19.4 Å². The highest BCUT2D eigenvalue weighted by Crippen LogP contribution is 1.85. The molecule has 0 heterocycles. The van der Waals surface area contributed by atoms with Crippen LogP contribution in [0.25, 0.3) is 0 Å². The van der Waals surface area contributed by atoms with E-state index in [2.05, 4.69) is 10.5 Å². The van der Waals surface area contributed by atoms with Crippen LogP contribution in [-0.2, 0) is 4.74 Å². The summed E-state index contributed by atoms with van der Waals surface area (Å²) in [5, 5.41) is 9.61. The molecule has 0 atom stereocenters. The Labute approximate surface area is 53.6 Å². The minimum atomic E-state index is -1.45. The van der Waals surface area contributed by atoms with Crippen LogP contribution in [-0.4, -0.2) is 19.3 Å². The van der Waals surface area contributed by atoms with E-state index >= 15 is 0 Å². The fourth-order valence-corrected chi connectivity index (χ4v) is 0.434. The van der Waals surface area contributed by atoms with Gasteiger partial charge in [0.1, 0.15) is 0 Å². The first-order valence-corrected chi connectivity index (χ1v) is 2.90. The molecule has 0 spiro atoms. The molecule has 0 bridgehead atoms. The largest absolute Gasteiger partial charge is 0.550 e. The summed E-state index contributed by atoms with van der Waals surface area (Å²) in [4.78, 5) is 9.61. The van der Waals surface area contributed by atoms with E-state index in [4.69, 9.17) is 0 Å². The van der Waals surface area contributed by atoms with Crippen LogP contribution in [0.2, 0.25) is 0 Å². The summed E-state index contributed by atoms with van der Waals surface area (Å²) in [6.45, 7) is 1.05. The third-order valence-corrected chi connectivity index (χ3v) is 0.864. The average Bonchev–Trinajstić information content (AvgIpc) is 1.80. The van der Waals surface area contributed by atoms with Crippen LogP contribution in [0.4, 0.5) is 4.79 Å². The van der Waals surface area contributed by atoms with Gasteiger partial charge in [-0.05, 0) is 12.8 Å². The quantitative estimate of drug-likeness (QED) is 0.369. The first-order valence-electron chi connectivity index (χ1n) is 2.90. The molecular weight excluding hydrogens is 122 g/mol. The van der Waals surface area contributed by atoms with Crippen LogP contribution < -0.4 is 10.8 Å². The van der Waals surface area contributed by atoms with E-state index in [-0.39, 0.29) is 6.61 Å². The monoisotopic (exact) mass is 133 g/mol. The summed E-state index contributed by atoms with van der Waals surface area (Å²) < 4.78 is 4.12. The van der Waals surface area contributed by atoms with Crippen molar-refractivity contribution < 1.29 is 20.4 Å². The van der Waals surface area contributed by atoms with Gasteiger partial charge in [0.25, 0.3) is 6.16 Å². The molecule has 4 heteroatoms. The van der Waals surface area contributed by atoms with Gasteiger partial charge in [-0.3, -0.25) is 0 Å². The Hall–Kier alpha value is -0.770. The molecule has 0 aromatic rings. The topological polar surface area (TPSA) is 77.0 Å². The van der Waals surface area contributed by atoms with Crippen LogP contribution in [0.15, 0.2) is 0 Å². The lowest BCUT2D eigenvalue weighted by molar-refractivity contribution is -0.368. The highest BCUT2D eigenvalue weighted by molar-refractivity contribution is 5.53. The third kappa shape index (κ3) is 7.23. The minimum absolute atomic E-state index is 0.234. The molecule has 0 aromatic heterocycles. The lowest BCUT2D eigenvalue weighted by Gasteiger charge is -2.05. The number of carboxylic acid groups (broad SMARTS) is 1. The van der Waals surface area contributed by atoms with Crippen molar-refractivity contribution in [3.05, 3.63) is 0 Å². The number of hydrogen-bond acceptors (Lipinski definition) is 3. The van der Waals surface area contributed by atoms with Crippen molar-refractivity contribution in [2.75, 3.05) is 13.2 Å². The maximum atomic E-state index is 9.61. The fourth-order valence-electron chi connectivity index (χ4n) is 0.434. The molecule has 0 radical (unpaired) electrons. The molecule has 0 saturated carbocycles. The first-order chi connectivity index (χ1) is 4.27. The molecule has 0 aromatic carbocycles. The van der Waals surface area contributed by atoms with Crippen LogP contribution >= 0.6 is 0 Å². The maximum absolute atomic E-state index is 9.61. The second-order valence-electron chi connectivity index (χ2n) is 1.66. The second-order valence-corrected chi connectivity index (χ2v) is 1.66. The number of quaternary nitrogens is 1. The molecule has 9 heavy (non-hydrogen) atoms. The van der Waals surface area contributed by atoms with Gasteiger partial charge in [-0.25, -0.2) is 0 Å². The Morgan fingerprint density at radius 3 is 2.67 bits per heavy atom. The van der Waals surface area contributed by atoms with E-state index in [1.165, 1.54) is 0 Å². The molecule has 0 aliphatic carbocycles. The van der Waals surface area contributed by atoms with Crippen LogP contribution in [0.5, 0.6) is 0 Å². The number of carbonyl (C=O) groups is 1. The summed E-state index contributed by atoms with van der Waals surface area (Å²) in [6, 6.07) is 0. The lowest BCUT2D eigenvalue weighted by atomic mass is 10.3. The van der Waals surface area contributed by atoms with Crippen molar-refractivity contribution >= 4 is 6.16 Å². The summed E-state index contributed by atoms with van der Waals surface area (Å²) in [5.41, 5.74) is 3.58. The zero-order valence-electron chi connectivity index (χ0n) is 5.26. The maximum Gasteiger partial charge on any atom is 0.251 e. The zero-order valence-corrected chi connectivity index (χ0v) is 5.26. The van der Waals surface area contributed by atoms with Gasteiger partial charge in [0.05, 0.1) is 6.54 Å². The van der Waals surface area contributed by atoms with Crippen LogP contribution in [0.3, 0.4) is 0 Å². The van der Waals surface area contributed by atoms with Crippen LogP contribution in [0, 0.1) is 0 Å². The van der Waals surface area contributed by atoms with Gasteiger partial charge in [0.15, 0.2) is 0 Å². The van der Waals surface area contributed by atoms with Gasteiger partial charge in [-0.2, -0.15) is 0 Å². The van der Waals surface area contributed by atoms with Crippen molar-refractivity contribution in [1.82, 2.24) is 0 Å². The lowest BCUT2D eigenvalue weighted by Crippen LogP contribution is -2.50. The number of hydrogen-bond donors (Lipinski definition) is 1. The molecular formula is C5H11NO3. The fraction of sp³-hybridized carbons (Fsp3) is 0.800. The first kappa shape index (κ1) is 8.23. The second kappa shape index (κ2) is 5.37. The van der Waals surface area contributed by atoms with Gasteiger partial charge in [0, 0.05) is 6.61 Å². The average molecular weight is 133 g/mol. The van der Waals surface area contributed by atoms with E-state index in [0.29, 0.717) is 0 Å². The normalized spacial score (nSPS) is 9.00. The Morgan fingerprint density at radius 2 is 2.22 bits per heavy atom. The summed E-state index contributed by atoms with van der Waals surface area (Å²) >= 11 is 0. The van der Waals surface area contributed by atoms with Gasteiger partial charge in [0.2, 0.25) is 0 Å². The summed E-state index contributed by atoms with van der Waals surface area (Å²) in [7, 11) is 0. The highest BCUT2D eigenvalue weighted by Gasteiger charge is 1.85. The van der Waals surface area contributed by atoms with Crippen molar-refractivity contribution in [3.63, 3.8) is 0 Å². The zero-order chi connectivity index (χ0) is 7.11. The number of unbranched alkanes of at least 4 members (excludes halogenated alkanes) is 1. The molecule has 0 saturated heterocycles. The van der Waals surface area contributed by atoms with E-state index in [1.807, 2.05) is 0 Å². The SMILES string of the molecule is [NH3+]CCCCOC(=O)[O-]. The molecule has 54 valence electrons. The van der Waals surface area contributed by atoms with Gasteiger partial charge < -0.3 is 20.4 Å². The van der Waals surface area contributed by atoms with Crippen LogP contribution in [0.1, 0.15) is 12.8 Å². The van der Waals surface area contributed by atoms with Crippen molar-refractivity contribution in [3.8, 4) is 0 Å². The molecule has 0 amide bonds. The number of rotatable bonds is 4. The summed E-state index contributed by atoms with van der Waals surface area (Å²) in [6.07, 6.45) is 0.184. The Kier molecular flexibility index (Phi) is 4.91. The molecule has 3 N–H and O–H groups in total. The number of carbonyl (C=O) groups excluding carboxylic acids is 1. The van der Waals surface area contributed by atoms with Gasteiger partial charge in [-0.1, -0.05) is 0 Å².